The van der Waals surface area contributed by atoms with Gasteiger partial charge in [0.1, 0.15) is 12.9 Å². The molecule has 0 unspecified atom stereocenters. The number of aldehydes is 1. The zero-order valence-corrected chi connectivity index (χ0v) is 12.5. The number of ether oxygens (including phenoxy) is 1. The smallest absolute Gasteiger partial charge is 0.410 e. The molecule has 1 amide bonds. The van der Waals surface area contributed by atoms with Crippen LogP contribution in [0.5, 0.6) is 0 Å². The second-order valence-electron chi connectivity index (χ2n) is 5.73. The molecule has 21 heavy (non-hydrogen) atoms. The first-order chi connectivity index (χ1) is 10.2. The van der Waals surface area contributed by atoms with Gasteiger partial charge < -0.3 is 14.4 Å². The Bertz CT molecular complexity index is 452. The summed E-state index contributed by atoms with van der Waals surface area (Å²) in [6.45, 7) is 0.310. The minimum atomic E-state index is -0.266. The molecule has 0 bridgehead atoms. The van der Waals surface area contributed by atoms with Crippen LogP contribution in [0.2, 0.25) is 0 Å². The quantitative estimate of drug-likeness (QED) is 0.780. The molecule has 1 aromatic rings. The fourth-order valence-corrected chi connectivity index (χ4v) is 2.87. The fraction of sp³-hybridized carbons (Fsp3) is 0.529. The van der Waals surface area contributed by atoms with Gasteiger partial charge in [0.25, 0.3) is 0 Å². The summed E-state index contributed by atoms with van der Waals surface area (Å²) in [5.41, 5.74) is 0.994. The van der Waals surface area contributed by atoms with Crippen LogP contribution in [0.3, 0.4) is 0 Å². The van der Waals surface area contributed by atoms with E-state index in [0.29, 0.717) is 18.9 Å². The number of carbonyl (C=O) groups is 2. The first-order valence-electron chi connectivity index (χ1n) is 7.58. The molecule has 0 heterocycles. The van der Waals surface area contributed by atoms with Crippen molar-refractivity contribution in [1.29, 1.82) is 0 Å². The Kier molecular flexibility index (Phi) is 5.78. The van der Waals surface area contributed by atoms with E-state index in [4.69, 9.17) is 4.74 Å². The molecule has 4 heteroatoms. The third-order valence-electron chi connectivity index (χ3n) is 4.29. The van der Waals surface area contributed by atoms with Crippen molar-refractivity contribution in [3.05, 3.63) is 35.9 Å². The van der Waals surface area contributed by atoms with Gasteiger partial charge >= 0.3 is 6.09 Å². The Balaban J connectivity index is 1.76. The van der Waals surface area contributed by atoms with Crippen molar-refractivity contribution in [3.63, 3.8) is 0 Å². The van der Waals surface area contributed by atoms with E-state index < -0.39 is 0 Å². The van der Waals surface area contributed by atoms with Crippen molar-refractivity contribution in [2.75, 3.05) is 7.05 Å². The van der Waals surface area contributed by atoms with Gasteiger partial charge in [0.2, 0.25) is 0 Å². The van der Waals surface area contributed by atoms with Gasteiger partial charge in [-0.25, -0.2) is 4.79 Å². The number of rotatable bonds is 5. The molecule has 0 aliphatic heterocycles. The van der Waals surface area contributed by atoms with Crippen LogP contribution < -0.4 is 0 Å². The molecule has 0 N–H and O–H groups in total. The third kappa shape index (κ3) is 4.59. The summed E-state index contributed by atoms with van der Waals surface area (Å²) >= 11 is 0. The van der Waals surface area contributed by atoms with Gasteiger partial charge in [-0.15, -0.1) is 0 Å². The van der Waals surface area contributed by atoms with Gasteiger partial charge in [-0.2, -0.15) is 0 Å². The molecule has 1 aliphatic carbocycles. The number of amides is 1. The van der Waals surface area contributed by atoms with Crippen LogP contribution in [0.4, 0.5) is 4.79 Å². The Hall–Kier alpha value is -1.84. The Morgan fingerprint density at radius 3 is 2.52 bits per heavy atom. The molecule has 0 spiro atoms. The summed E-state index contributed by atoms with van der Waals surface area (Å²) in [5, 5.41) is 0. The molecular weight excluding hydrogens is 266 g/mol. The number of nitrogens with zero attached hydrogens (tertiary/aromatic N) is 1. The highest BCUT2D eigenvalue weighted by Gasteiger charge is 2.27. The highest BCUT2D eigenvalue weighted by molar-refractivity contribution is 5.67. The van der Waals surface area contributed by atoms with E-state index in [9.17, 15) is 9.59 Å². The van der Waals surface area contributed by atoms with Crippen LogP contribution >= 0.6 is 0 Å². The minimum Gasteiger partial charge on any atom is -0.445 e. The predicted molar refractivity (Wildman–Crippen MR) is 80.8 cm³/mol. The van der Waals surface area contributed by atoms with E-state index in [-0.39, 0.29) is 12.1 Å². The third-order valence-corrected chi connectivity index (χ3v) is 4.29. The number of hydrogen-bond acceptors (Lipinski definition) is 3. The van der Waals surface area contributed by atoms with Crippen LogP contribution in [0.15, 0.2) is 30.3 Å². The van der Waals surface area contributed by atoms with Crippen LogP contribution in [-0.2, 0) is 16.1 Å². The van der Waals surface area contributed by atoms with Gasteiger partial charge in [-0.05, 0) is 37.2 Å². The number of hydrogen-bond donors (Lipinski definition) is 0. The SMILES string of the molecule is CN(C(=O)OCc1ccccc1)C1CCC(CC=O)CC1. The molecule has 4 nitrogen and oxygen atoms in total. The van der Waals surface area contributed by atoms with Gasteiger partial charge in [0.05, 0.1) is 0 Å². The highest BCUT2D eigenvalue weighted by atomic mass is 16.6. The summed E-state index contributed by atoms with van der Waals surface area (Å²) in [7, 11) is 1.80. The molecule has 0 atom stereocenters. The first kappa shape index (κ1) is 15.5. The molecule has 0 radical (unpaired) electrons. The monoisotopic (exact) mass is 289 g/mol. The topological polar surface area (TPSA) is 46.6 Å². The summed E-state index contributed by atoms with van der Waals surface area (Å²) in [4.78, 5) is 24.3. The second-order valence-corrected chi connectivity index (χ2v) is 5.73. The molecule has 1 fully saturated rings. The summed E-state index contributed by atoms with van der Waals surface area (Å²) < 4.78 is 5.35. The Morgan fingerprint density at radius 1 is 1.24 bits per heavy atom. The van der Waals surface area contributed by atoms with Crippen molar-refractivity contribution in [2.45, 2.75) is 44.8 Å². The lowest BCUT2D eigenvalue weighted by Gasteiger charge is -2.33. The van der Waals surface area contributed by atoms with Crippen LogP contribution in [0.1, 0.15) is 37.7 Å². The van der Waals surface area contributed by atoms with Crippen molar-refractivity contribution >= 4 is 12.4 Å². The molecule has 2 rings (SSSR count). The average molecular weight is 289 g/mol. The normalized spacial score (nSPS) is 21.6. The standard InChI is InChI=1S/C17H23NO3/c1-18(16-9-7-14(8-10-16)11-12-19)17(20)21-13-15-5-3-2-4-6-15/h2-6,12,14,16H,7-11,13H2,1H3. The maximum atomic E-state index is 12.1. The van der Waals surface area contributed by atoms with Gasteiger partial charge in [-0.3, -0.25) is 0 Å². The maximum Gasteiger partial charge on any atom is 0.410 e. The molecular formula is C17H23NO3. The van der Waals surface area contributed by atoms with Crippen LogP contribution in [0, 0.1) is 5.92 Å². The number of carbonyl (C=O) groups excluding carboxylic acids is 2. The summed E-state index contributed by atoms with van der Waals surface area (Å²) in [5.74, 6) is 0.493. The van der Waals surface area contributed by atoms with Crippen molar-refractivity contribution in [3.8, 4) is 0 Å². The Morgan fingerprint density at radius 2 is 1.90 bits per heavy atom. The molecule has 1 saturated carbocycles. The fourth-order valence-electron chi connectivity index (χ4n) is 2.87. The van der Waals surface area contributed by atoms with Gasteiger partial charge in [0.15, 0.2) is 0 Å². The molecule has 0 aromatic heterocycles. The molecule has 1 aliphatic rings. The second kappa shape index (κ2) is 7.81. The average Bonchev–Trinajstić information content (AvgIpc) is 2.54. The molecule has 0 saturated heterocycles. The van der Waals surface area contributed by atoms with E-state index in [1.165, 1.54) is 0 Å². The van der Waals surface area contributed by atoms with Crippen LogP contribution in [-0.4, -0.2) is 30.4 Å². The van der Waals surface area contributed by atoms with Crippen molar-refractivity contribution < 1.29 is 14.3 Å². The minimum absolute atomic E-state index is 0.233. The maximum absolute atomic E-state index is 12.1. The summed E-state index contributed by atoms with van der Waals surface area (Å²) in [6, 6.07) is 9.92. The van der Waals surface area contributed by atoms with Crippen molar-refractivity contribution in [1.82, 2.24) is 4.90 Å². The lowest BCUT2D eigenvalue weighted by Crippen LogP contribution is -2.39. The Labute approximate surface area is 126 Å². The molecule has 1 aromatic carbocycles. The van der Waals surface area contributed by atoms with Crippen LogP contribution in [0.25, 0.3) is 0 Å². The van der Waals surface area contributed by atoms with E-state index in [1.54, 1.807) is 11.9 Å². The van der Waals surface area contributed by atoms with E-state index in [1.807, 2.05) is 30.3 Å². The predicted octanol–water partition coefficient (Wildman–Crippen LogP) is 3.40. The largest absolute Gasteiger partial charge is 0.445 e. The van der Waals surface area contributed by atoms with Crippen molar-refractivity contribution in [2.24, 2.45) is 5.92 Å². The highest BCUT2D eigenvalue weighted by Crippen LogP contribution is 2.28. The first-order valence-corrected chi connectivity index (χ1v) is 7.58. The number of benzene rings is 1. The van der Waals surface area contributed by atoms with E-state index in [0.717, 1.165) is 37.5 Å². The zero-order chi connectivity index (χ0) is 15.1. The lowest BCUT2D eigenvalue weighted by atomic mass is 9.84. The van der Waals surface area contributed by atoms with E-state index in [2.05, 4.69) is 0 Å². The van der Waals surface area contributed by atoms with Gasteiger partial charge in [-0.1, -0.05) is 30.3 Å². The zero-order valence-electron chi connectivity index (χ0n) is 12.5. The van der Waals surface area contributed by atoms with E-state index >= 15 is 0 Å². The lowest BCUT2D eigenvalue weighted by molar-refractivity contribution is -0.108. The van der Waals surface area contributed by atoms with Gasteiger partial charge in [0, 0.05) is 19.5 Å². The molecule has 114 valence electrons. The summed E-state index contributed by atoms with van der Waals surface area (Å²) in [6.07, 6.45) is 5.32.